The van der Waals surface area contributed by atoms with E-state index in [0.29, 0.717) is 54.7 Å². The molecule has 1 aliphatic rings. The van der Waals surface area contributed by atoms with E-state index in [1.54, 1.807) is 17.1 Å². The second-order valence-corrected chi connectivity index (χ2v) is 11.4. The highest BCUT2D eigenvalue weighted by Crippen LogP contribution is 2.39. The van der Waals surface area contributed by atoms with Crippen molar-refractivity contribution in [2.75, 3.05) is 23.7 Å². The van der Waals surface area contributed by atoms with Crippen molar-refractivity contribution in [3.8, 4) is 0 Å². The van der Waals surface area contributed by atoms with Crippen LogP contribution in [0, 0.1) is 0 Å². The van der Waals surface area contributed by atoms with Crippen molar-refractivity contribution in [3.63, 3.8) is 0 Å². The average molecular weight is 633 g/mol. The second kappa shape index (κ2) is 13.6. The van der Waals surface area contributed by atoms with Gasteiger partial charge in [-0.15, -0.1) is 0 Å². The Morgan fingerprint density at radius 1 is 0.872 bits per heavy atom. The molecule has 0 aliphatic carbocycles. The molecule has 0 spiro atoms. The van der Waals surface area contributed by atoms with E-state index in [4.69, 9.17) is 14.7 Å². The number of H-pyrrole nitrogens is 1. The molecule has 2 aromatic carbocycles. The summed E-state index contributed by atoms with van der Waals surface area (Å²) < 4.78 is 7.81. The van der Waals surface area contributed by atoms with Crippen LogP contribution in [0.25, 0.3) is 11.2 Å². The Balaban J connectivity index is 1.21. The van der Waals surface area contributed by atoms with E-state index in [2.05, 4.69) is 60.0 Å². The van der Waals surface area contributed by atoms with E-state index in [-0.39, 0.29) is 11.7 Å². The molecule has 240 valence electrons. The van der Waals surface area contributed by atoms with Crippen molar-refractivity contribution in [2.24, 2.45) is 0 Å². The monoisotopic (exact) mass is 632 g/mol. The maximum atomic E-state index is 11.1. The Morgan fingerprint density at radius 2 is 1.62 bits per heavy atom. The van der Waals surface area contributed by atoms with Gasteiger partial charge in [-0.05, 0) is 23.3 Å². The Kier molecular flexibility index (Phi) is 8.82. The molecule has 4 aromatic heterocycles. The number of aryl methyl sites for hydroxylation is 1. The van der Waals surface area contributed by atoms with Gasteiger partial charge in [0.1, 0.15) is 18.0 Å². The minimum atomic E-state index is -1.28. The first-order valence-corrected chi connectivity index (χ1v) is 15.7. The van der Waals surface area contributed by atoms with Crippen LogP contribution in [0.3, 0.4) is 0 Å². The molecule has 1 fully saturated rings. The summed E-state index contributed by atoms with van der Waals surface area (Å²) in [5.74, 6) is 1.88. The summed E-state index contributed by atoms with van der Waals surface area (Å²) in [4.78, 5) is 23.1. The van der Waals surface area contributed by atoms with Crippen LogP contribution in [-0.2, 0) is 17.6 Å². The minimum Gasteiger partial charge on any atom is -0.387 e. The third-order valence-electron chi connectivity index (χ3n) is 8.34. The lowest BCUT2D eigenvalue weighted by Gasteiger charge is -2.20. The van der Waals surface area contributed by atoms with Gasteiger partial charge in [0, 0.05) is 43.7 Å². The van der Waals surface area contributed by atoms with Crippen LogP contribution in [-0.4, -0.2) is 75.2 Å². The predicted octanol–water partition coefficient (Wildman–Crippen LogP) is 3.79. The number of hydrogen-bond donors (Lipinski definition) is 5. The molecule has 1 aliphatic heterocycles. The first-order valence-electron chi connectivity index (χ1n) is 15.7. The lowest BCUT2D eigenvalue weighted by molar-refractivity contribution is -0.0382. The van der Waals surface area contributed by atoms with Gasteiger partial charge in [0.25, 0.3) is 0 Å². The zero-order valence-corrected chi connectivity index (χ0v) is 25.8. The predicted molar refractivity (Wildman–Crippen MR) is 176 cm³/mol. The van der Waals surface area contributed by atoms with Crippen LogP contribution in [0.2, 0.25) is 0 Å². The Morgan fingerprint density at radius 3 is 2.30 bits per heavy atom. The Hall–Kier alpha value is -5.24. The standard InChI is InChI=1S/C34H36N10O3/c1-2-25-39-31(43-42-25)29-27(45)28(46)33(47-29)44-20-38-26-30(40-34(41-32(26)44)36-18-16-23-15-9-10-17-35-23)37-19-24(21-11-5-3-6-12-21)22-13-7-4-8-14-22/h3-15,17,20,24,27-29,33,45-46H,2,16,18-19H2,1H3,(H,39,42,43)(H2,36,37,40,41)/t27-,28+,29-,33+/m0/s1. The van der Waals surface area contributed by atoms with Gasteiger partial charge in [0.2, 0.25) is 5.95 Å². The SMILES string of the molecule is CCc1nc([C@H]2O[C@@H](n3cnc4c(NCC(c5ccccc5)c5ccccc5)nc(NCCc5ccccn5)nc43)[C@H](O)[C@@H]2O)n[nH]1. The maximum Gasteiger partial charge on any atom is 0.226 e. The number of aromatic nitrogens is 8. The zero-order chi connectivity index (χ0) is 32.2. The number of aliphatic hydroxyl groups excluding tert-OH is 2. The molecular weight excluding hydrogens is 596 g/mol. The molecule has 4 atom stereocenters. The van der Waals surface area contributed by atoms with E-state index < -0.39 is 24.5 Å². The molecule has 0 bridgehead atoms. The number of benzene rings is 2. The molecular formula is C34H36N10O3. The Labute approximate surface area is 271 Å². The van der Waals surface area contributed by atoms with Gasteiger partial charge in [0.15, 0.2) is 35.1 Å². The number of nitrogens with zero attached hydrogens (tertiary/aromatic N) is 7. The van der Waals surface area contributed by atoms with Gasteiger partial charge >= 0.3 is 0 Å². The lowest BCUT2D eigenvalue weighted by Crippen LogP contribution is -2.29. The summed E-state index contributed by atoms with van der Waals surface area (Å²) in [5.41, 5.74) is 4.20. The van der Waals surface area contributed by atoms with Crippen LogP contribution in [0.15, 0.2) is 91.4 Å². The fourth-order valence-corrected chi connectivity index (χ4v) is 5.85. The summed E-state index contributed by atoms with van der Waals surface area (Å²) in [6.07, 6.45) is 0.164. The van der Waals surface area contributed by atoms with Gasteiger partial charge in [-0.25, -0.2) is 9.97 Å². The van der Waals surface area contributed by atoms with Gasteiger partial charge in [0.05, 0.1) is 6.33 Å². The molecule has 0 unspecified atom stereocenters. The quantitative estimate of drug-likeness (QED) is 0.133. The number of hydrogen-bond acceptors (Lipinski definition) is 11. The summed E-state index contributed by atoms with van der Waals surface area (Å²) in [5, 5.41) is 36.0. The third-order valence-corrected chi connectivity index (χ3v) is 8.34. The number of ether oxygens (including phenoxy) is 1. The molecule has 13 nitrogen and oxygen atoms in total. The van der Waals surface area contributed by atoms with Gasteiger partial charge in [-0.1, -0.05) is 73.7 Å². The van der Waals surface area contributed by atoms with E-state index >= 15 is 0 Å². The van der Waals surface area contributed by atoms with Crippen molar-refractivity contribution in [1.29, 1.82) is 0 Å². The van der Waals surface area contributed by atoms with Crippen LogP contribution in [0.1, 0.15) is 53.6 Å². The summed E-state index contributed by atoms with van der Waals surface area (Å²) in [7, 11) is 0. The fraction of sp³-hybridized carbons (Fsp3) is 0.294. The van der Waals surface area contributed by atoms with E-state index in [0.717, 1.165) is 16.8 Å². The molecule has 13 heteroatoms. The number of nitrogens with one attached hydrogen (secondary N) is 3. The van der Waals surface area contributed by atoms with Crippen LogP contribution in [0.5, 0.6) is 0 Å². The highest BCUT2D eigenvalue weighted by atomic mass is 16.6. The summed E-state index contributed by atoms with van der Waals surface area (Å²) >= 11 is 0. The number of aliphatic hydroxyl groups is 2. The van der Waals surface area contributed by atoms with E-state index in [1.807, 2.05) is 61.5 Å². The molecule has 5 N–H and O–H groups in total. The van der Waals surface area contributed by atoms with E-state index in [9.17, 15) is 10.2 Å². The lowest BCUT2D eigenvalue weighted by atomic mass is 9.91. The largest absolute Gasteiger partial charge is 0.387 e. The summed E-state index contributed by atoms with van der Waals surface area (Å²) in [6.45, 7) is 3.02. The third kappa shape index (κ3) is 6.41. The molecule has 1 saturated heterocycles. The molecule has 6 aromatic rings. The van der Waals surface area contributed by atoms with Crippen LogP contribution >= 0.6 is 0 Å². The first-order chi connectivity index (χ1) is 23.1. The Bertz CT molecular complexity index is 1860. The van der Waals surface area contributed by atoms with Crippen LogP contribution < -0.4 is 10.6 Å². The molecule has 0 radical (unpaired) electrons. The smallest absolute Gasteiger partial charge is 0.226 e. The summed E-state index contributed by atoms with van der Waals surface area (Å²) in [6, 6.07) is 26.4. The topological polar surface area (TPSA) is 172 Å². The van der Waals surface area contributed by atoms with Crippen molar-refractivity contribution < 1.29 is 14.9 Å². The number of anilines is 2. The number of fused-ring (bicyclic) bond motifs is 1. The van der Waals surface area contributed by atoms with Crippen molar-refractivity contribution >= 4 is 22.9 Å². The highest BCUT2D eigenvalue weighted by Gasteiger charge is 2.47. The van der Waals surface area contributed by atoms with Crippen molar-refractivity contribution in [1.82, 2.24) is 39.7 Å². The van der Waals surface area contributed by atoms with Crippen LogP contribution in [0.4, 0.5) is 11.8 Å². The number of imidazole rings is 1. The van der Waals surface area contributed by atoms with Crippen molar-refractivity contribution in [3.05, 3.63) is 120 Å². The highest BCUT2D eigenvalue weighted by molar-refractivity contribution is 5.84. The van der Waals surface area contributed by atoms with Gasteiger partial charge < -0.3 is 25.6 Å². The zero-order valence-electron chi connectivity index (χ0n) is 25.8. The maximum absolute atomic E-state index is 11.1. The number of rotatable bonds is 12. The number of aromatic amines is 1. The first kappa shape index (κ1) is 30.4. The molecule has 47 heavy (non-hydrogen) atoms. The normalized spacial score (nSPS) is 19.4. The fourth-order valence-electron chi connectivity index (χ4n) is 5.85. The molecule has 0 amide bonds. The molecule has 5 heterocycles. The van der Waals surface area contributed by atoms with Gasteiger partial charge in [-0.3, -0.25) is 14.6 Å². The molecule has 7 rings (SSSR count). The number of pyridine rings is 1. The minimum absolute atomic E-state index is 0.0373. The molecule has 0 saturated carbocycles. The van der Waals surface area contributed by atoms with Gasteiger partial charge in [-0.2, -0.15) is 15.1 Å². The van der Waals surface area contributed by atoms with E-state index in [1.165, 1.54) is 0 Å². The second-order valence-electron chi connectivity index (χ2n) is 11.4. The average Bonchev–Trinajstić information content (AvgIpc) is 3.84. The van der Waals surface area contributed by atoms with Crippen molar-refractivity contribution in [2.45, 2.75) is 50.2 Å².